The minimum absolute atomic E-state index is 0.234. The SMILES string of the molecule is O=C1[C@@H]2N=NN(CC(=O)N3N=C(c4ccccc4)C[C@@H]3c3ccccc3)[C@H]2C(=O)N1c1cccc2ccccc12. The predicted octanol–water partition coefficient (Wildman–Crippen LogP) is 4.51. The Bertz CT molecular complexity index is 1700. The lowest BCUT2D eigenvalue weighted by Crippen LogP contribution is -2.44. The molecule has 1 saturated heterocycles. The average Bonchev–Trinajstić information content (AvgIpc) is 3.69. The molecule has 3 atom stereocenters. The second-order valence-corrected chi connectivity index (χ2v) is 9.98. The van der Waals surface area contributed by atoms with Crippen LogP contribution in [0, 0.1) is 0 Å². The predicted molar refractivity (Wildman–Crippen MR) is 149 cm³/mol. The molecule has 0 saturated carbocycles. The van der Waals surface area contributed by atoms with E-state index in [9.17, 15) is 14.4 Å². The van der Waals surface area contributed by atoms with Gasteiger partial charge in [0, 0.05) is 11.8 Å². The van der Waals surface area contributed by atoms with E-state index in [2.05, 4.69) is 10.3 Å². The lowest BCUT2D eigenvalue weighted by atomic mass is 9.98. The van der Waals surface area contributed by atoms with Gasteiger partial charge in [0.25, 0.3) is 17.7 Å². The highest BCUT2D eigenvalue weighted by Crippen LogP contribution is 2.37. The van der Waals surface area contributed by atoms with Crippen LogP contribution in [0.25, 0.3) is 10.8 Å². The second kappa shape index (κ2) is 9.53. The highest BCUT2D eigenvalue weighted by Gasteiger charge is 2.55. The summed E-state index contributed by atoms with van der Waals surface area (Å²) in [6, 6.07) is 30.3. The first-order valence-electron chi connectivity index (χ1n) is 13.1. The van der Waals surface area contributed by atoms with Crippen molar-refractivity contribution in [2.24, 2.45) is 15.4 Å². The highest BCUT2D eigenvalue weighted by molar-refractivity contribution is 6.27. The van der Waals surface area contributed by atoms with Crippen LogP contribution in [0.4, 0.5) is 5.69 Å². The Hall–Kier alpha value is -5.18. The molecule has 40 heavy (non-hydrogen) atoms. The van der Waals surface area contributed by atoms with Crippen LogP contribution in [0.5, 0.6) is 0 Å². The summed E-state index contributed by atoms with van der Waals surface area (Å²) in [6.07, 6.45) is 0.555. The Labute approximate surface area is 230 Å². The van der Waals surface area contributed by atoms with Crippen molar-refractivity contribution < 1.29 is 14.4 Å². The van der Waals surface area contributed by atoms with E-state index in [1.807, 2.05) is 97.1 Å². The number of hydrogen-bond acceptors (Lipinski definition) is 7. The van der Waals surface area contributed by atoms with E-state index in [-0.39, 0.29) is 18.5 Å². The number of amides is 3. The zero-order valence-corrected chi connectivity index (χ0v) is 21.4. The molecule has 0 bridgehead atoms. The molecule has 4 aromatic carbocycles. The Balaban J connectivity index is 1.17. The van der Waals surface area contributed by atoms with Gasteiger partial charge in [0.05, 0.1) is 17.4 Å². The van der Waals surface area contributed by atoms with Gasteiger partial charge in [-0.05, 0) is 22.6 Å². The van der Waals surface area contributed by atoms with Gasteiger partial charge in [0.15, 0.2) is 12.1 Å². The van der Waals surface area contributed by atoms with Gasteiger partial charge in [-0.25, -0.2) is 9.91 Å². The fourth-order valence-corrected chi connectivity index (χ4v) is 5.69. The van der Waals surface area contributed by atoms with Crippen molar-refractivity contribution in [2.75, 3.05) is 11.4 Å². The van der Waals surface area contributed by atoms with Crippen LogP contribution in [-0.4, -0.2) is 52.1 Å². The van der Waals surface area contributed by atoms with Crippen LogP contribution >= 0.6 is 0 Å². The van der Waals surface area contributed by atoms with E-state index < -0.39 is 23.9 Å². The molecular formula is C31H24N6O3. The Morgan fingerprint density at radius 2 is 1.50 bits per heavy atom. The van der Waals surface area contributed by atoms with Gasteiger partial charge >= 0.3 is 0 Å². The van der Waals surface area contributed by atoms with Crippen LogP contribution in [-0.2, 0) is 14.4 Å². The minimum Gasteiger partial charge on any atom is -0.271 e. The van der Waals surface area contributed by atoms with Crippen LogP contribution in [0.15, 0.2) is 119 Å². The third-order valence-electron chi connectivity index (χ3n) is 7.62. The van der Waals surface area contributed by atoms with E-state index in [0.717, 1.165) is 27.6 Å². The van der Waals surface area contributed by atoms with E-state index in [1.165, 1.54) is 14.9 Å². The van der Waals surface area contributed by atoms with Crippen LogP contribution in [0.3, 0.4) is 0 Å². The summed E-state index contributed by atoms with van der Waals surface area (Å²) in [7, 11) is 0. The maximum Gasteiger partial charge on any atom is 0.264 e. The third kappa shape index (κ3) is 3.86. The average molecular weight is 529 g/mol. The molecule has 9 heteroatoms. The fraction of sp³-hybridized carbons (Fsp3) is 0.161. The molecule has 196 valence electrons. The molecule has 7 rings (SSSR count). The number of benzene rings is 4. The molecule has 4 aromatic rings. The summed E-state index contributed by atoms with van der Waals surface area (Å²) in [4.78, 5) is 42.0. The first kappa shape index (κ1) is 23.9. The van der Waals surface area contributed by atoms with Gasteiger partial charge in [-0.2, -0.15) is 10.2 Å². The van der Waals surface area contributed by atoms with Crippen molar-refractivity contribution >= 4 is 39.9 Å². The van der Waals surface area contributed by atoms with Crippen molar-refractivity contribution in [3.05, 3.63) is 114 Å². The number of nitrogens with zero attached hydrogens (tertiary/aromatic N) is 6. The lowest BCUT2D eigenvalue weighted by Gasteiger charge is -2.25. The number of carbonyl (C=O) groups excluding carboxylic acids is 3. The Morgan fingerprint density at radius 1 is 0.800 bits per heavy atom. The zero-order valence-electron chi connectivity index (χ0n) is 21.4. The zero-order chi connectivity index (χ0) is 27.2. The molecule has 3 aliphatic heterocycles. The van der Waals surface area contributed by atoms with Crippen LogP contribution in [0.1, 0.15) is 23.6 Å². The van der Waals surface area contributed by atoms with Crippen molar-refractivity contribution in [2.45, 2.75) is 24.5 Å². The summed E-state index contributed by atoms with van der Waals surface area (Å²) in [5.74, 6) is -1.22. The minimum atomic E-state index is -0.994. The van der Waals surface area contributed by atoms with Gasteiger partial charge in [0.2, 0.25) is 0 Å². The number of rotatable bonds is 5. The molecule has 9 nitrogen and oxygen atoms in total. The largest absolute Gasteiger partial charge is 0.271 e. The summed E-state index contributed by atoms with van der Waals surface area (Å²) >= 11 is 0. The summed E-state index contributed by atoms with van der Waals surface area (Å²) in [5.41, 5.74) is 3.21. The van der Waals surface area contributed by atoms with Crippen molar-refractivity contribution in [1.29, 1.82) is 0 Å². The molecule has 0 aromatic heterocycles. The standard InChI is InChI=1S/C31H24N6O3/c38-27(37-26(22-13-5-2-6-14-22)18-24(33-37)21-11-3-1-4-12-21)19-35-29-28(32-34-35)30(39)36(31(29)40)25-17-9-15-20-10-7-8-16-23(20)25/h1-17,26,28-29H,18-19H2/t26-,28-,29-/m1/s1. The third-order valence-corrected chi connectivity index (χ3v) is 7.62. The summed E-state index contributed by atoms with van der Waals surface area (Å²) in [6.45, 7) is -0.234. The molecule has 0 unspecified atom stereocenters. The molecule has 3 aliphatic rings. The van der Waals surface area contributed by atoms with E-state index in [0.29, 0.717) is 12.1 Å². The first-order chi connectivity index (χ1) is 19.6. The van der Waals surface area contributed by atoms with E-state index in [4.69, 9.17) is 5.10 Å². The topological polar surface area (TPSA) is 98.0 Å². The molecule has 3 heterocycles. The molecule has 0 spiro atoms. The molecule has 0 N–H and O–H groups in total. The highest BCUT2D eigenvalue weighted by atomic mass is 16.2. The first-order valence-corrected chi connectivity index (χ1v) is 13.1. The molecular weight excluding hydrogens is 504 g/mol. The van der Waals surface area contributed by atoms with Gasteiger partial charge in [-0.1, -0.05) is 102 Å². The molecule has 1 fully saturated rings. The quantitative estimate of drug-likeness (QED) is 0.356. The maximum absolute atomic E-state index is 13.7. The number of carbonyl (C=O) groups is 3. The normalized spacial score (nSPS) is 21.9. The van der Waals surface area contributed by atoms with Gasteiger partial charge in [-0.3, -0.25) is 19.4 Å². The van der Waals surface area contributed by atoms with Crippen molar-refractivity contribution in [3.63, 3.8) is 0 Å². The van der Waals surface area contributed by atoms with Crippen molar-refractivity contribution in [3.8, 4) is 0 Å². The lowest BCUT2D eigenvalue weighted by molar-refractivity contribution is -0.135. The number of fused-ring (bicyclic) bond motifs is 2. The Kier molecular flexibility index (Phi) is 5.70. The number of hydrogen-bond donors (Lipinski definition) is 0. The second-order valence-electron chi connectivity index (χ2n) is 9.98. The fourth-order valence-electron chi connectivity index (χ4n) is 5.69. The number of anilines is 1. The van der Waals surface area contributed by atoms with Crippen LogP contribution in [0.2, 0.25) is 0 Å². The van der Waals surface area contributed by atoms with Crippen molar-refractivity contribution in [1.82, 2.24) is 10.0 Å². The van der Waals surface area contributed by atoms with Crippen LogP contribution < -0.4 is 4.90 Å². The summed E-state index contributed by atoms with van der Waals surface area (Å²) < 4.78 is 0. The van der Waals surface area contributed by atoms with Gasteiger partial charge in [-0.15, -0.1) is 0 Å². The maximum atomic E-state index is 13.7. The molecule has 0 aliphatic carbocycles. The molecule has 3 amide bonds. The van der Waals surface area contributed by atoms with E-state index in [1.54, 1.807) is 6.07 Å². The van der Waals surface area contributed by atoms with Gasteiger partial charge in [0.1, 0.15) is 6.54 Å². The van der Waals surface area contributed by atoms with E-state index >= 15 is 0 Å². The monoisotopic (exact) mass is 528 g/mol. The number of hydrazone groups is 1. The molecule has 0 radical (unpaired) electrons. The summed E-state index contributed by atoms with van der Waals surface area (Å²) in [5, 5.41) is 17.4. The Morgan fingerprint density at radius 3 is 2.30 bits per heavy atom. The number of imide groups is 1. The van der Waals surface area contributed by atoms with Gasteiger partial charge < -0.3 is 0 Å². The smallest absolute Gasteiger partial charge is 0.264 e.